The largest absolute Gasteiger partial charge is 0.348 e. The summed E-state index contributed by atoms with van der Waals surface area (Å²) >= 11 is 1.73. The summed E-state index contributed by atoms with van der Waals surface area (Å²) in [5.74, 6) is 1.30. The number of aryl methyl sites for hydroxylation is 1. The third-order valence-corrected chi connectivity index (χ3v) is 7.61. The van der Waals surface area contributed by atoms with Crippen molar-refractivity contribution in [3.05, 3.63) is 88.9 Å². The molecule has 0 bridgehead atoms. The number of halogens is 1. The van der Waals surface area contributed by atoms with Crippen molar-refractivity contribution >= 4 is 17.5 Å². The molecule has 0 unspecified atom stereocenters. The average Bonchev–Trinajstić information content (AvgIpc) is 3.45. The minimum absolute atomic E-state index is 0.140. The highest BCUT2D eigenvalue weighted by molar-refractivity contribution is 7.99. The van der Waals surface area contributed by atoms with E-state index in [4.69, 9.17) is 0 Å². The van der Waals surface area contributed by atoms with Gasteiger partial charge in [-0.15, -0.1) is 10.2 Å². The summed E-state index contributed by atoms with van der Waals surface area (Å²) < 4.78 is 17.7. The Morgan fingerprint density at radius 2 is 1.89 bits per heavy atom. The van der Waals surface area contributed by atoms with Gasteiger partial charge in [0.05, 0.1) is 5.69 Å². The highest BCUT2D eigenvalue weighted by atomic mass is 32.2. The zero-order valence-corrected chi connectivity index (χ0v) is 20.8. The van der Waals surface area contributed by atoms with Gasteiger partial charge in [-0.25, -0.2) is 4.39 Å². The lowest BCUT2D eigenvalue weighted by Gasteiger charge is -2.29. The minimum atomic E-state index is -0.393. The van der Waals surface area contributed by atoms with Crippen LogP contribution in [0.25, 0.3) is 11.5 Å². The average molecular weight is 490 g/mol. The quantitative estimate of drug-likeness (QED) is 0.203. The van der Waals surface area contributed by atoms with Gasteiger partial charge in [-0.05, 0) is 60.8 Å². The summed E-state index contributed by atoms with van der Waals surface area (Å²) in [6.07, 6.45) is 4.02. The van der Waals surface area contributed by atoms with E-state index < -0.39 is 5.82 Å². The van der Waals surface area contributed by atoms with Gasteiger partial charge in [0.25, 0.3) is 0 Å². The zero-order chi connectivity index (χ0) is 24.4. The molecule has 0 spiro atoms. The van der Waals surface area contributed by atoms with Crippen LogP contribution < -0.4 is 0 Å². The van der Waals surface area contributed by atoms with Crippen LogP contribution in [0.1, 0.15) is 33.5 Å². The van der Waals surface area contributed by atoms with Crippen LogP contribution in [0.4, 0.5) is 4.39 Å². The summed E-state index contributed by atoms with van der Waals surface area (Å²) in [5, 5.41) is 9.67. The monoisotopic (exact) mass is 489 g/mol. The molecule has 0 saturated carbocycles. The van der Waals surface area contributed by atoms with E-state index in [0.29, 0.717) is 11.1 Å². The van der Waals surface area contributed by atoms with Crippen molar-refractivity contribution in [2.75, 3.05) is 18.8 Å². The molecule has 2 aromatic carbocycles. The Morgan fingerprint density at radius 1 is 1.03 bits per heavy atom. The predicted molar refractivity (Wildman–Crippen MR) is 136 cm³/mol. The van der Waals surface area contributed by atoms with Gasteiger partial charge >= 0.3 is 0 Å². The fourth-order valence-electron chi connectivity index (χ4n) is 4.55. The first-order chi connectivity index (χ1) is 17.0. The highest BCUT2D eigenvalue weighted by Crippen LogP contribution is 2.25. The number of aromatic nitrogens is 4. The molecular formula is C27H28FN5OS. The summed E-state index contributed by atoms with van der Waals surface area (Å²) in [7, 11) is 4.02. The molecule has 0 atom stereocenters. The number of hydrogen-bond donors (Lipinski definition) is 0. The maximum Gasteiger partial charge on any atom is 0.193 e. The van der Waals surface area contributed by atoms with E-state index in [1.165, 1.54) is 23.3 Å². The van der Waals surface area contributed by atoms with Crippen LogP contribution in [-0.4, -0.2) is 48.9 Å². The molecule has 0 N–H and O–H groups in total. The van der Waals surface area contributed by atoms with E-state index >= 15 is 0 Å². The molecule has 3 heterocycles. The van der Waals surface area contributed by atoms with E-state index in [-0.39, 0.29) is 5.78 Å². The van der Waals surface area contributed by atoms with Crippen LogP contribution in [0.2, 0.25) is 0 Å². The van der Waals surface area contributed by atoms with Crippen molar-refractivity contribution in [2.24, 2.45) is 14.1 Å². The Hall–Kier alpha value is -3.23. The summed E-state index contributed by atoms with van der Waals surface area (Å²) in [4.78, 5) is 15.3. The van der Waals surface area contributed by atoms with Crippen LogP contribution in [-0.2, 0) is 27.1 Å². The van der Waals surface area contributed by atoms with Crippen LogP contribution in [0.3, 0.4) is 0 Å². The molecular weight excluding hydrogens is 461 g/mol. The zero-order valence-electron chi connectivity index (χ0n) is 19.9. The third-order valence-electron chi connectivity index (χ3n) is 6.50. The number of hydrogen-bond acceptors (Lipinski definition) is 5. The van der Waals surface area contributed by atoms with Crippen LogP contribution >= 0.6 is 11.8 Å². The van der Waals surface area contributed by atoms with E-state index in [1.807, 2.05) is 59.8 Å². The molecule has 5 rings (SSSR count). The van der Waals surface area contributed by atoms with Crippen molar-refractivity contribution in [1.29, 1.82) is 0 Å². The molecule has 0 radical (unpaired) electrons. The lowest BCUT2D eigenvalue weighted by atomic mass is 9.94. The van der Waals surface area contributed by atoms with Crippen molar-refractivity contribution in [1.82, 2.24) is 24.2 Å². The second-order valence-electron chi connectivity index (χ2n) is 8.92. The molecule has 180 valence electrons. The molecule has 8 heteroatoms. The normalized spacial score (nSPS) is 13.7. The number of rotatable bonds is 8. The van der Waals surface area contributed by atoms with Crippen molar-refractivity contribution in [2.45, 2.75) is 24.5 Å². The van der Waals surface area contributed by atoms with Crippen LogP contribution in [0.5, 0.6) is 0 Å². The predicted octanol–water partition coefficient (Wildman–Crippen LogP) is 4.73. The van der Waals surface area contributed by atoms with Crippen LogP contribution in [0.15, 0.2) is 66.0 Å². The Kier molecular flexibility index (Phi) is 6.83. The van der Waals surface area contributed by atoms with Gasteiger partial charge in [0.1, 0.15) is 5.82 Å². The van der Waals surface area contributed by atoms with Gasteiger partial charge in [0.15, 0.2) is 16.8 Å². The molecule has 4 aromatic rings. The van der Waals surface area contributed by atoms with Gasteiger partial charge in [-0.1, -0.05) is 36.0 Å². The van der Waals surface area contributed by atoms with Gasteiger partial charge < -0.3 is 9.13 Å². The van der Waals surface area contributed by atoms with Crippen molar-refractivity contribution < 1.29 is 9.18 Å². The Morgan fingerprint density at radius 3 is 2.69 bits per heavy atom. The maximum absolute atomic E-state index is 13.6. The molecule has 1 aliphatic rings. The molecule has 1 aliphatic heterocycles. The first-order valence-electron chi connectivity index (χ1n) is 11.8. The highest BCUT2D eigenvalue weighted by Gasteiger charge is 2.19. The minimum Gasteiger partial charge on any atom is -0.348 e. The lowest BCUT2D eigenvalue weighted by molar-refractivity contribution is 0.103. The fourth-order valence-corrected chi connectivity index (χ4v) is 5.39. The first kappa shape index (κ1) is 23.5. The number of benzene rings is 2. The van der Waals surface area contributed by atoms with Gasteiger partial charge in [0.2, 0.25) is 0 Å². The number of thioether (sulfide) groups is 1. The molecule has 2 aromatic heterocycles. The Labute approximate surface area is 208 Å². The van der Waals surface area contributed by atoms with Crippen LogP contribution in [0, 0.1) is 5.82 Å². The topological polar surface area (TPSA) is 56.0 Å². The number of ketones is 1. The van der Waals surface area contributed by atoms with E-state index in [2.05, 4.69) is 15.1 Å². The van der Waals surface area contributed by atoms with Gasteiger partial charge in [0, 0.05) is 50.3 Å². The van der Waals surface area contributed by atoms with Crippen molar-refractivity contribution in [3.63, 3.8) is 0 Å². The number of fused-ring (bicyclic) bond motifs is 1. The Balaban J connectivity index is 1.16. The molecule has 0 amide bonds. The first-order valence-corrected chi connectivity index (χ1v) is 12.8. The summed E-state index contributed by atoms with van der Waals surface area (Å²) in [5.41, 5.74) is 4.52. The van der Waals surface area contributed by atoms with E-state index in [0.717, 1.165) is 54.9 Å². The smallest absolute Gasteiger partial charge is 0.193 e. The molecule has 35 heavy (non-hydrogen) atoms. The van der Waals surface area contributed by atoms with Crippen molar-refractivity contribution in [3.8, 4) is 11.5 Å². The third kappa shape index (κ3) is 5.09. The maximum atomic E-state index is 13.6. The number of carbonyl (C=O) groups excluding carboxylic acids is 1. The van der Waals surface area contributed by atoms with Gasteiger partial charge in [-0.3, -0.25) is 9.69 Å². The second-order valence-corrected chi connectivity index (χ2v) is 9.98. The number of carbonyl (C=O) groups is 1. The van der Waals surface area contributed by atoms with E-state index in [9.17, 15) is 9.18 Å². The fraction of sp³-hybridized carbons (Fsp3) is 0.296. The molecule has 0 saturated heterocycles. The Bertz CT molecular complexity index is 1360. The lowest BCUT2D eigenvalue weighted by Crippen LogP contribution is -2.31. The molecule has 6 nitrogen and oxygen atoms in total. The van der Waals surface area contributed by atoms with E-state index in [1.54, 1.807) is 23.9 Å². The molecule has 0 fully saturated rings. The standard InChI is InChI=1S/C27H28FN5OS/c1-31-12-4-8-24(31)26-29-30-27(32(26)2)35-15-5-13-33-14-11-19-9-10-21(16-22(19)18-33)25(34)20-6-3-7-23(28)17-20/h3-4,6-10,12,16-17H,5,11,13-15,18H2,1-2H3. The SMILES string of the molecule is Cn1cccc1-c1nnc(SCCCN2CCc3ccc(C(=O)c4cccc(F)c4)cc3C2)n1C. The summed E-state index contributed by atoms with van der Waals surface area (Å²) in [6.45, 7) is 2.82. The van der Waals surface area contributed by atoms with Gasteiger partial charge in [-0.2, -0.15) is 0 Å². The summed E-state index contributed by atoms with van der Waals surface area (Å²) in [6, 6.07) is 15.8. The molecule has 0 aliphatic carbocycles. The number of nitrogens with zero attached hydrogens (tertiary/aromatic N) is 5. The second kappa shape index (κ2) is 10.2.